The lowest BCUT2D eigenvalue weighted by atomic mass is 10.3. The molecule has 19 heavy (non-hydrogen) atoms. The molecule has 0 atom stereocenters. The third-order valence-corrected chi connectivity index (χ3v) is 3.78. The summed E-state index contributed by atoms with van der Waals surface area (Å²) in [5.41, 5.74) is 0. The van der Waals surface area contributed by atoms with Gasteiger partial charge in [0.15, 0.2) is 0 Å². The molecule has 0 N–H and O–H groups in total. The van der Waals surface area contributed by atoms with Crippen molar-refractivity contribution in [2.45, 2.75) is 6.42 Å². The summed E-state index contributed by atoms with van der Waals surface area (Å²) in [5, 5.41) is 0. The molecular weight excluding hydrogens is 272 g/mol. The van der Waals surface area contributed by atoms with Gasteiger partial charge in [0.25, 0.3) is 11.8 Å². The van der Waals surface area contributed by atoms with Crippen LogP contribution in [0, 0.1) is 0 Å². The van der Waals surface area contributed by atoms with E-state index in [2.05, 4.69) is 0 Å². The number of hydrogen-bond acceptors (Lipinski definition) is 5. The molecule has 8 heteroatoms. The summed E-state index contributed by atoms with van der Waals surface area (Å²) in [5.74, 6) is -1.04. The molecule has 0 unspecified atom stereocenters. The van der Waals surface area contributed by atoms with Crippen LogP contribution in [0.3, 0.4) is 0 Å². The maximum Gasteiger partial charge on any atom is 0.253 e. The highest BCUT2D eigenvalue weighted by Gasteiger charge is 2.26. The summed E-state index contributed by atoms with van der Waals surface area (Å²) in [6.45, 7) is 1.28. The van der Waals surface area contributed by atoms with Crippen molar-refractivity contribution in [3.8, 4) is 0 Å². The average Bonchev–Trinajstić information content (AvgIpc) is 2.54. The molecule has 0 fully saturated rings. The topological polar surface area (TPSA) is 94.6 Å². The minimum Gasteiger partial charge on any atom is -0.748 e. The third-order valence-electron chi connectivity index (χ3n) is 2.99. The number of nitrogens with zero attached hydrogens (tertiary/aromatic N) is 2. The molecule has 0 aromatic heterocycles. The van der Waals surface area contributed by atoms with E-state index >= 15 is 0 Å². The van der Waals surface area contributed by atoms with E-state index in [9.17, 15) is 22.6 Å². The van der Waals surface area contributed by atoms with E-state index in [1.165, 1.54) is 12.2 Å². The summed E-state index contributed by atoms with van der Waals surface area (Å²) in [4.78, 5) is 23.8. The lowest BCUT2D eigenvalue weighted by Crippen LogP contribution is -2.47. The van der Waals surface area contributed by atoms with E-state index in [0.717, 1.165) is 4.90 Å². The van der Waals surface area contributed by atoms with E-state index in [1.54, 1.807) is 0 Å². The van der Waals surface area contributed by atoms with Gasteiger partial charge in [-0.3, -0.25) is 14.5 Å². The number of carbonyl (C=O) groups excluding carboxylic acids is 2. The standard InChI is InChI=1S/C11H18N2O5S/c1-13(2,7-3-9-19(16,17)18)8-6-12-10(14)4-5-11(12)15/h4-5H,3,6-9H2,1-2H3. The molecule has 0 aromatic carbocycles. The zero-order valence-electron chi connectivity index (χ0n) is 11.0. The van der Waals surface area contributed by atoms with Crippen molar-refractivity contribution in [2.75, 3.05) is 39.5 Å². The van der Waals surface area contributed by atoms with Crippen molar-refractivity contribution < 1.29 is 27.0 Å². The third kappa shape index (κ3) is 5.50. The summed E-state index contributed by atoms with van der Waals surface area (Å²) in [7, 11) is -0.469. The van der Waals surface area contributed by atoms with Crippen LogP contribution >= 0.6 is 0 Å². The molecule has 0 radical (unpaired) electrons. The van der Waals surface area contributed by atoms with Crippen LogP contribution in [-0.4, -0.2) is 73.7 Å². The van der Waals surface area contributed by atoms with Crippen molar-refractivity contribution in [2.24, 2.45) is 0 Å². The van der Waals surface area contributed by atoms with Gasteiger partial charge in [0.2, 0.25) is 0 Å². The van der Waals surface area contributed by atoms with Crippen LogP contribution in [-0.2, 0) is 19.7 Å². The quantitative estimate of drug-likeness (QED) is 0.338. The molecule has 1 heterocycles. The van der Waals surface area contributed by atoms with Gasteiger partial charge >= 0.3 is 0 Å². The minimum absolute atomic E-state index is 0.263. The van der Waals surface area contributed by atoms with Gasteiger partial charge in [-0.05, 0) is 0 Å². The molecule has 0 aromatic rings. The monoisotopic (exact) mass is 290 g/mol. The lowest BCUT2D eigenvalue weighted by molar-refractivity contribution is -0.889. The molecule has 0 saturated heterocycles. The van der Waals surface area contributed by atoms with Crippen LogP contribution in [0.2, 0.25) is 0 Å². The van der Waals surface area contributed by atoms with Crippen LogP contribution < -0.4 is 0 Å². The SMILES string of the molecule is C[N+](C)(CCCS(=O)(=O)[O-])CCN1C(=O)C=CC1=O. The van der Waals surface area contributed by atoms with Crippen molar-refractivity contribution in [1.82, 2.24) is 4.90 Å². The number of amides is 2. The molecule has 7 nitrogen and oxygen atoms in total. The highest BCUT2D eigenvalue weighted by Crippen LogP contribution is 2.06. The molecule has 0 saturated carbocycles. The number of imide groups is 1. The lowest BCUT2D eigenvalue weighted by Gasteiger charge is -2.31. The zero-order valence-corrected chi connectivity index (χ0v) is 11.9. The van der Waals surface area contributed by atoms with E-state index in [-0.39, 0.29) is 24.8 Å². The highest BCUT2D eigenvalue weighted by molar-refractivity contribution is 7.85. The van der Waals surface area contributed by atoms with Crippen molar-refractivity contribution in [3.05, 3.63) is 12.2 Å². The van der Waals surface area contributed by atoms with Crippen LogP contribution in [0.5, 0.6) is 0 Å². The van der Waals surface area contributed by atoms with Gasteiger partial charge in [-0.1, -0.05) is 0 Å². The minimum atomic E-state index is -4.18. The predicted octanol–water partition coefficient (Wildman–Crippen LogP) is -1.08. The van der Waals surface area contributed by atoms with Gasteiger partial charge in [0.05, 0.1) is 43.8 Å². The van der Waals surface area contributed by atoms with Gasteiger partial charge in [0.1, 0.15) is 0 Å². The molecule has 1 aliphatic heterocycles. The maximum absolute atomic E-state index is 11.3. The number of quaternary nitrogens is 1. The second-order valence-corrected chi connectivity index (χ2v) is 6.68. The van der Waals surface area contributed by atoms with Crippen LogP contribution in [0.25, 0.3) is 0 Å². The molecule has 1 rings (SSSR count). The van der Waals surface area contributed by atoms with Gasteiger partial charge in [-0.2, -0.15) is 0 Å². The fourth-order valence-electron chi connectivity index (χ4n) is 1.80. The Morgan fingerprint density at radius 3 is 2.16 bits per heavy atom. The smallest absolute Gasteiger partial charge is 0.253 e. The van der Waals surface area contributed by atoms with Crippen LogP contribution in [0.15, 0.2) is 12.2 Å². The van der Waals surface area contributed by atoms with Crippen LogP contribution in [0.4, 0.5) is 0 Å². The molecular formula is C11H18N2O5S. The molecule has 1 aliphatic rings. The summed E-state index contributed by atoms with van der Waals surface area (Å²) in [6.07, 6.45) is 2.72. The number of likely N-dealkylation sites (N-methyl/N-ethyl adjacent to an activating group) is 1. The first kappa shape index (κ1) is 15.8. The first-order valence-corrected chi connectivity index (χ1v) is 7.48. The van der Waals surface area contributed by atoms with Crippen molar-refractivity contribution in [3.63, 3.8) is 0 Å². The van der Waals surface area contributed by atoms with Crippen molar-refractivity contribution in [1.29, 1.82) is 0 Å². The number of carbonyl (C=O) groups is 2. The Kier molecular flexibility index (Phi) is 4.83. The van der Waals surface area contributed by atoms with Gasteiger partial charge in [0, 0.05) is 24.3 Å². The molecule has 0 spiro atoms. The number of rotatable bonds is 7. The summed E-state index contributed by atoms with van der Waals surface area (Å²) >= 11 is 0. The second kappa shape index (κ2) is 5.81. The van der Waals surface area contributed by atoms with Crippen LogP contribution in [0.1, 0.15) is 6.42 Å². The molecule has 0 aliphatic carbocycles. The fourth-order valence-corrected chi connectivity index (χ4v) is 2.29. The Balaban J connectivity index is 2.38. The van der Waals surface area contributed by atoms with Gasteiger partial charge in [-0.25, -0.2) is 8.42 Å². The van der Waals surface area contributed by atoms with Crippen molar-refractivity contribution >= 4 is 21.9 Å². The van der Waals surface area contributed by atoms with E-state index < -0.39 is 15.9 Å². The highest BCUT2D eigenvalue weighted by atomic mass is 32.2. The summed E-state index contributed by atoms with van der Waals surface area (Å²) in [6, 6.07) is 0. The van der Waals surface area contributed by atoms with Gasteiger partial charge in [-0.15, -0.1) is 0 Å². The molecule has 0 bridgehead atoms. The van der Waals surface area contributed by atoms with E-state index in [1.807, 2.05) is 14.1 Å². The molecule has 108 valence electrons. The predicted molar refractivity (Wildman–Crippen MR) is 66.9 cm³/mol. The Morgan fingerprint density at radius 2 is 1.68 bits per heavy atom. The molecule has 2 amide bonds. The average molecular weight is 290 g/mol. The van der Waals surface area contributed by atoms with E-state index in [4.69, 9.17) is 0 Å². The first-order valence-electron chi connectivity index (χ1n) is 5.90. The Labute approximate surface area is 112 Å². The Bertz CT molecular complexity index is 477. The normalized spacial score (nSPS) is 16.5. The zero-order chi connectivity index (χ0) is 14.7. The maximum atomic E-state index is 11.3. The first-order chi connectivity index (χ1) is 8.61. The Morgan fingerprint density at radius 1 is 1.16 bits per heavy atom. The fraction of sp³-hybridized carbons (Fsp3) is 0.636. The van der Waals surface area contributed by atoms with Gasteiger partial charge < -0.3 is 9.04 Å². The largest absolute Gasteiger partial charge is 0.748 e. The number of hydrogen-bond donors (Lipinski definition) is 0. The summed E-state index contributed by atoms with van der Waals surface area (Å²) < 4.78 is 31.9. The Hall–Kier alpha value is -1.25. The second-order valence-electron chi connectivity index (χ2n) is 5.16. The van der Waals surface area contributed by atoms with E-state index in [0.29, 0.717) is 17.6 Å².